The van der Waals surface area contributed by atoms with Crippen molar-refractivity contribution < 1.29 is 9.18 Å². The monoisotopic (exact) mass is 159 g/mol. The number of Topliss-reactive ketones (excluding diaryl/α,β-unsaturated/α-hetero) is 1. The molecule has 0 aromatic heterocycles. The van der Waals surface area contributed by atoms with Crippen molar-refractivity contribution in [2.24, 2.45) is 0 Å². The highest BCUT2D eigenvalue weighted by Crippen LogP contribution is 2.10. The number of halogens is 1. The van der Waals surface area contributed by atoms with Crippen LogP contribution in [-0.2, 0) is 4.79 Å². The molecular formula is C8H14FNO. The SMILES string of the molecule is CN1CCCCC(F)C(=O)C1. The van der Waals surface area contributed by atoms with Gasteiger partial charge < -0.3 is 0 Å². The minimum atomic E-state index is -1.21. The fourth-order valence-electron chi connectivity index (χ4n) is 1.31. The van der Waals surface area contributed by atoms with Crippen LogP contribution in [0.3, 0.4) is 0 Å². The van der Waals surface area contributed by atoms with Gasteiger partial charge in [-0.05, 0) is 32.9 Å². The van der Waals surface area contributed by atoms with Crippen LogP contribution in [-0.4, -0.2) is 37.0 Å². The van der Waals surface area contributed by atoms with E-state index >= 15 is 0 Å². The second-order valence-corrected chi connectivity index (χ2v) is 3.17. The van der Waals surface area contributed by atoms with E-state index in [1.54, 1.807) is 0 Å². The van der Waals surface area contributed by atoms with Crippen LogP contribution < -0.4 is 0 Å². The summed E-state index contributed by atoms with van der Waals surface area (Å²) in [6.07, 6.45) is 1.05. The first-order chi connectivity index (χ1) is 5.20. The molecular weight excluding hydrogens is 145 g/mol. The molecule has 0 aliphatic carbocycles. The number of alkyl halides is 1. The van der Waals surface area contributed by atoms with Gasteiger partial charge in [0.15, 0.2) is 12.0 Å². The molecule has 1 rings (SSSR count). The zero-order valence-corrected chi connectivity index (χ0v) is 6.85. The minimum absolute atomic E-state index is 0.257. The number of carbonyl (C=O) groups excluding carboxylic acids is 1. The molecule has 1 unspecified atom stereocenters. The van der Waals surface area contributed by atoms with Crippen molar-refractivity contribution in [1.29, 1.82) is 0 Å². The van der Waals surface area contributed by atoms with Crippen molar-refractivity contribution in [3.8, 4) is 0 Å². The predicted molar refractivity (Wildman–Crippen MR) is 41.3 cm³/mol. The summed E-state index contributed by atoms with van der Waals surface area (Å²) in [4.78, 5) is 12.8. The fourth-order valence-corrected chi connectivity index (χ4v) is 1.31. The third-order valence-electron chi connectivity index (χ3n) is 2.02. The van der Waals surface area contributed by atoms with E-state index in [4.69, 9.17) is 0 Å². The molecule has 11 heavy (non-hydrogen) atoms. The Morgan fingerprint density at radius 1 is 1.55 bits per heavy atom. The number of ketones is 1. The Kier molecular flexibility index (Phi) is 3.00. The lowest BCUT2D eigenvalue weighted by atomic mass is 10.1. The molecule has 0 amide bonds. The van der Waals surface area contributed by atoms with Crippen molar-refractivity contribution in [3.63, 3.8) is 0 Å². The van der Waals surface area contributed by atoms with Gasteiger partial charge >= 0.3 is 0 Å². The van der Waals surface area contributed by atoms with Gasteiger partial charge in [-0.3, -0.25) is 9.69 Å². The Morgan fingerprint density at radius 2 is 2.27 bits per heavy atom. The third-order valence-corrected chi connectivity index (χ3v) is 2.02. The molecule has 1 aliphatic heterocycles. The number of hydrogen-bond acceptors (Lipinski definition) is 2. The van der Waals surface area contributed by atoms with Crippen molar-refractivity contribution in [2.45, 2.75) is 25.4 Å². The summed E-state index contributed by atoms with van der Waals surface area (Å²) in [5.74, 6) is -0.257. The first kappa shape index (κ1) is 8.65. The van der Waals surface area contributed by atoms with Crippen LogP contribution in [0.25, 0.3) is 0 Å². The summed E-state index contributed by atoms with van der Waals surface area (Å²) in [5.41, 5.74) is 0. The van der Waals surface area contributed by atoms with E-state index in [0.717, 1.165) is 19.4 Å². The highest BCUT2D eigenvalue weighted by molar-refractivity contribution is 5.84. The number of rotatable bonds is 0. The van der Waals surface area contributed by atoms with E-state index in [0.29, 0.717) is 6.42 Å². The molecule has 1 aliphatic rings. The van der Waals surface area contributed by atoms with Crippen molar-refractivity contribution in [3.05, 3.63) is 0 Å². The number of likely N-dealkylation sites (N-methyl/N-ethyl adjacent to an activating group) is 1. The van der Waals surface area contributed by atoms with Crippen LogP contribution in [0.4, 0.5) is 4.39 Å². The predicted octanol–water partition coefficient (Wildman–Crippen LogP) is 1.01. The molecule has 1 heterocycles. The van der Waals surface area contributed by atoms with E-state index in [-0.39, 0.29) is 12.3 Å². The molecule has 64 valence electrons. The summed E-state index contributed by atoms with van der Waals surface area (Å²) in [5, 5.41) is 0. The van der Waals surface area contributed by atoms with Crippen molar-refractivity contribution in [2.75, 3.05) is 20.1 Å². The number of carbonyl (C=O) groups is 1. The second kappa shape index (κ2) is 3.81. The zero-order chi connectivity index (χ0) is 8.27. The average Bonchev–Trinajstić information content (AvgIpc) is 1.95. The molecule has 0 aromatic carbocycles. The van der Waals surface area contributed by atoms with Gasteiger partial charge in [-0.25, -0.2) is 4.39 Å². The van der Waals surface area contributed by atoms with Crippen LogP contribution in [0.2, 0.25) is 0 Å². The summed E-state index contributed by atoms with van der Waals surface area (Å²) >= 11 is 0. The Morgan fingerprint density at radius 3 is 3.00 bits per heavy atom. The highest BCUT2D eigenvalue weighted by Gasteiger charge is 2.20. The van der Waals surface area contributed by atoms with Gasteiger partial charge in [0, 0.05) is 0 Å². The van der Waals surface area contributed by atoms with Crippen molar-refractivity contribution >= 4 is 5.78 Å². The lowest BCUT2D eigenvalue weighted by molar-refractivity contribution is -0.125. The van der Waals surface area contributed by atoms with E-state index in [1.165, 1.54) is 0 Å². The first-order valence-electron chi connectivity index (χ1n) is 4.05. The number of likely N-dealkylation sites (tertiary alicyclic amines) is 1. The standard InChI is InChI=1S/C8H14FNO/c1-10-5-3-2-4-7(9)8(11)6-10/h7H,2-6H2,1H3. The molecule has 0 bridgehead atoms. The Balaban J connectivity index is 2.45. The maximum absolute atomic E-state index is 12.8. The van der Waals surface area contributed by atoms with Gasteiger partial charge in [-0.1, -0.05) is 0 Å². The molecule has 0 aromatic rings. The molecule has 1 atom stereocenters. The van der Waals surface area contributed by atoms with Crippen LogP contribution in [0.1, 0.15) is 19.3 Å². The molecule has 0 N–H and O–H groups in total. The largest absolute Gasteiger partial charge is 0.299 e. The van der Waals surface area contributed by atoms with Gasteiger partial charge in [0.25, 0.3) is 0 Å². The van der Waals surface area contributed by atoms with E-state index in [1.807, 2.05) is 11.9 Å². The Hall–Kier alpha value is -0.440. The number of hydrogen-bond donors (Lipinski definition) is 0. The Labute approximate surface area is 66.4 Å². The average molecular weight is 159 g/mol. The van der Waals surface area contributed by atoms with Gasteiger partial charge in [0.2, 0.25) is 0 Å². The molecule has 1 fully saturated rings. The third kappa shape index (κ3) is 2.58. The second-order valence-electron chi connectivity index (χ2n) is 3.17. The van der Waals surface area contributed by atoms with E-state index in [2.05, 4.69) is 0 Å². The maximum atomic E-state index is 12.8. The Bertz CT molecular complexity index is 149. The normalized spacial score (nSPS) is 29.6. The van der Waals surface area contributed by atoms with Gasteiger partial charge in [-0.2, -0.15) is 0 Å². The van der Waals surface area contributed by atoms with Crippen LogP contribution in [0.5, 0.6) is 0 Å². The fraction of sp³-hybridized carbons (Fsp3) is 0.875. The van der Waals surface area contributed by atoms with Gasteiger partial charge in [0.1, 0.15) is 0 Å². The van der Waals surface area contributed by atoms with E-state index in [9.17, 15) is 9.18 Å². The smallest absolute Gasteiger partial charge is 0.180 e. The minimum Gasteiger partial charge on any atom is -0.299 e. The highest BCUT2D eigenvalue weighted by atomic mass is 19.1. The molecule has 3 heteroatoms. The molecule has 0 radical (unpaired) electrons. The lowest BCUT2D eigenvalue weighted by Gasteiger charge is -2.20. The van der Waals surface area contributed by atoms with Crippen LogP contribution in [0.15, 0.2) is 0 Å². The zero-order valence-electron chi connectivity index (χ0n) is 6.85. The van der Waals surface area contributed by atoms with Crippen molar-refractivity contribution in [1.82, 2.24) is 4.90 Å². The topological polar surface area (TPSA) is 20.3 Å². The summed E-state index contributed by atoms with van der Waals surface area (Å²) in [7, 11) is 1.86. The van der Waals surface area contributed by atoms with Crippen LogP contribution >= 0.6 is 0 Å². The molecule has 0 spiro atoms. The lowest BCUT2D eigenvalue weighted by Crippen LogP contribution is -2.34. The maximum Gasteiger partial charge on any atom is 0.180 e. The summed E-state index contributed by atoms with van der Waals surface area (Å²) in [6.45, 7) is 1.19. The number of nitrogens with zero attached hydrogens (tertiary/aromatic N) is 1. The molecule has 2 nitrogen and oxygen atoms in total. The van der Waals surface area contributed by atoms with Gasteiger partial charge in [-0.15, -0.1) is 0 Å². The van der Waals surface area contributed by atoms with Gasteiger partial charge in [0.05, 0.1) is 6.54 Å². The quantitative estimate of drug-likeness (QED) is 0.525. The molecule has 0 saturated carbocycles. The summed E-state index contributed by atoms with van der Waals surface area (Å²) < 4.78 is 12.8. The summed E-state index contributed by atoms with van der Waals surface area (Å²) in [6, 6.07) is 0. The first-order valence-corrected chi connectivity index (χ1v) is 4.05. The van der Waals surface area contributed by atoms with Crippen LogP contribution in [0, 0.1) is 0 Å². The molecule has 1 saturated heterocycles. The van der Waals surface area contributed by atoms with E-state index < -0.39 is 6.17 Å².